The number of carbonyl (C=O) groups excluding carboxylic acids is 1. The maximum Gasteiger partial charge on any atom is 0.241 e. The monoisotopic (exact) mass is 280 g/mol. The minimum Gasteiger partial charge on any atom is -0.493 e. The maximum atomic E-state index is 12.0. The van der Waals surface area contributed by atoms with Gasteiger partial charge in [-0.2, -0.15) is 0 Å². The summed E-state index contributed by atoms with van der Waals surface area (Å²) >= 11 is 0. The SMILES string of the molecule is COc1ccc(NC(=O)[C@@H]2CCCN2)cc1OCCO. The van der Waals surface area contributed by atoms with Crippen LogP contribution in [0, 0.1) is 0 Å². The number of rotatable bonds is 6. The third-order valence-electron chi connectivity index (χ3n) is 3.16. The standard InChI is InChI=1S/C14H20N2O4/c1-19-12-5-4-10(9-13(12)20-8-7-17)16-14(18)11-3-2-6-15-11/h4-5,9,11,15,17H,2-3,6-8H2,1H3,(H,16,18)/t11-/m0/s1. The zero-order chi connectivity index (χ0) is 14.4. The first-order chi connectivity index (χ1) is 9.74. The number of nitrogens with one attached hydrogen (secondary N) is 2. The molecule has 1 aliphatic heterocycles. The van der Waals surface area contributed by atoms with E-state index in [9.17, 15) is 4.79 Å². The number of ether oxygens (including phenoxy) is 2. The molecule has 0 unspecified atom stereocenters. The fraction of sp³-hybridized carbons (Fsp3) is 0.500. The molecule has 6 nitrogen and oxygen atoms in total. The van der Waals surface area contributed by atoms with Crippen molar-refractivity contribution in [2.45, 2.75) is 18.9 Å². The zero-order valence-electron chi connectivity index (χ0n) is 11.5. The topological polar surface area (TPSA) is 79.8 Å². The average Bonchev–Trinajstić information content (AvgIpc) is 2.99. The van der Waals surface area contributed by atoms with Crippen LogP contribution in [0.3, 0.4) is 0 Å². The summed E-state index contributed by atoms with van der Waals surface area (Å²) in [6.45, 7) is 0.981. The molecule has 1 aromatic rings. The van der Waals surface area contributed by atoms with Gasteiger partial charge in [0.15, 0.2) is 11.5 Å². The Labute approximate surface area is 118 Å². The minimum absolute atomic E-state index is 0.0409. The summed E-state index contributed by atoms with van der Waals surface area (Å²) in [5.74, 6) is 1.02. The van der Waals surface area contributed by atoms with Crippen LogP contribution in [0.5, 0.6) is 11.5 Å². The summed E-state index contributed by atoms with van der Waals surface area (Å²) in [5.41, 5.74) is 0.650. The molecule has 1 saturated heterocycles. The van der Waals surface area contributed by atoms with E-state index in [-0.39, 0.29) is 25.2 Å². The molecule has 3 N–H and O–H groups in total. The molecule has 20 heavy (non-hydrogen) atoms. The van der Waals surface area contributed by atoms with Gasteiger partial charge < -0.3 is 25.2 Å². The van der Waals surface area contributed by atoms with Crippen LogP contribution < -0.4 is 20.1 Å². The lowest BCUT2D eigenvalue weighted by Crippen LogP contribution is -2.35. The number of methoxy groups -OCH3 is 1. The summed E-state index contributed by atoms with van der Waals surface area (Å²) in [6, 6.07) is 5.06. The molecule has 1 heterocycles. The van der Waals surface area contributed by atoms with Crippen molar-refractivity contribution < 1.29 is 19.4 Å². The molecule has 1 aromatic carbocycles. The minimum atomic E-state index is -0.126. The van der Waals surface area contributed by atoms with Gasteiger partial charge in [0.2, 0.25) is 5.91 Å². The van der Waals surface area contributed by atoms with Gasteiger partial charge >= 0.3 is 0 Å². The van der Waals surface area contributed by atoms with Gasteiger partial charge in [0.1, 0.15) is 6.61 Å². The van der Waals surface area contributed by atoms with Crippen molar-refractivity contribution in [3.8, 4) is 11.5 Å². The Kier molecular flexibility index (Phi) is 5.20. The van der Waals surface area contributed by atoms with Crippen LogP contribution >= 0.6 is 0 Å². The molecule has 1 fully saturated rings. The van der Waals surface area contributed by atoms with E-state index >= 15 is 0 Å². The molecule has 0 bridgehead atoms. The highest BCUT2D eigenvalue weighted by Gasteiger charge is 2.22. The van der Waals surface area contributed by atoms with Crippen LogP contribution in [0.4, 0.5) is 5.69 Å². The van der Waals surface area contributed by atoms with E-state index in [1.807, 2.05) is 0 Å². The molecule has 0 radical (unpaired) electrons. The highest BCUT2D eigenvalue weighted by atomic mass is 16.5. The van der Waals surface area contributed by atoms with Gasteiger partial charge in [-0.15, -0.1) is 0 Å². The van der Waals surface area contributed by atoms with Crippen LogP contribution in [0.1, 0.15) is 12.8 Å². The lowest BCUT2D eigenvalue weighted by molar-refractivity contribution is -0.117. The van der Waals surface area contributed by atoms with E-state index in [1.165, 1.54) is 0 Å². The Hall–Kier alpha value is -1.79. The van der Waals surface area contributed by atoms with Crippen LogP contribution in [-0.2, 0) is 4.79 Å². The number of benzene rings is 1. The first-order valence-electron chi connectivity index (χ1n) is 6.70. The van der Waals surface area contributed by atoms with Gasteiger partial charge in [0.25, 0.3) is 0 Å². The second kappa shape index (κ2) is 7.12. The van der Waals surface area contributed by atoms with E-state index in [0.717, 1.165) is 19.4 Å². The average molecular weight is 280 g/mol. The summed E-state index contributed by atoms with van der Waals surface area (Å²) in [6.07, 6.45) is 1.88. The van der Waals surface area contributed by atoms with Gasteiger partial charge in [0, 0.05) is 11.8 Å². The third-order valence-corrected chi connectivity index (χ3v) is 3.16. The van der Waals surface area contributed by atoms with Crippen molar-refractivity contribution in [1.29, 1.82) is 0 Å². The molecule has 110 valence electrons. The van der Waals surface area contributed by atoms with E-state index in [0.29, 0.717) is 17.2 Å². The van der Waals surface area contributed by atoms with Crippen LogP contribution in [0.25, 0.3) is 0 Å². The van der Waals surface area contributed by atoms with Crippen LogP contribution in [0.15, 0.2) is 18.2 Å². The maximum absolute atomic E-state index is 12.0. The lowest BCUT2D eigenvalue weighted by Gasteiger charge is -2.14. The van der Waals surface area contributed by atoms with E-state index in [4.69, 9.17) is 14.6 Å². The normalized spacial score (nSPS) is 17.8. The Balaban J connectivity index is 2.05. The summed E-state index contributed by atoms with van der Waals surface area (Å²) < 4.78 is 10.6. The Bertz CT molecular complexity index is 458. The highest BCUT2D eigenvalue weighted by molar-refractivity contribution is 5.95. The van der Waals surface area contributed by atoms with Gasteiger partial charge in [-0.3, -0.25) is 4.79 Å². The van der Waals surface area contributed by atoms with Gasteiger partial charge in [-0.05, 0) is 31.5 Å². The van der Waals surface area contributed by atoms with Crippen molar-refractivity contribution in [3.63, 3.8) is 0 Å². The molecular formula is C14H20N2O4. The molecule has 1 atom stereocenters. The predicted molar refractivity (Wildman–Crippen MR) is 75.2 cm³/mol. The second-order valence-corrected chi connectivity index (χ2v) is 4.58. The van der Waals surface area contributed by atoms with Gasteiger partial charge in [0.05, 0.1) is 19.8 Å². The molecule has 6 heteroatoms. The van der Waals surface area contributed by atoms with Crippen molar-refractivity contribution in [2.24, 2.45) is 0 Å². The van der Waals surface area contributed by atoms with Crippen molar-refractivity contribution in [3.05, 3.63) is 18.2 Å². The first-order valence-corrected chi connectivity index (χ1v) is 6.70. The number of amides is 1. The third kappa shape index (κ3) is 3.61. The highest BCUT2D eigenvalue weighted by Crippen LogP contribution is 2.30. The lowest BCUT2D eigenvalue weighted by atomic mass is 10.2. The van der Waals surface area contributed by atoms with E-state index in [2.05, 4.69) is 10.6 Å². The van der Waals surface area contributed by atoms with Gasteiger partial charge in [-0.1, -0.05) is 0 Å². The molecule has 1 aliphatic rings. The van der Waals surface area contributed by atoms with E-state index in [1.54, 1.807) is 25.3 Å². The Morgan fingerprint density at radius 2 is 2.35 bits per heavy atom. The molecule has 0 saturated carbocycles. The largest absolute Gasteiger partial charge is 0.493 e. The number of anilines is 1. The van der Waals surface area contributed by atoms with Crippen molar-refractivity contribution >= 4 is 11.6 Å². The quantitative estimate of drug-likeness (QED) is 0.717. The molecule has 2 rings (SSSR count). The molecule has 0 spiro atoms. The first kappa shape index (κ1) is 14.6. The predicted octanol–water partition coefficient (Wildman–Crippen LogP) is 0.757. The zero-order valence-corrected chi connectivity index (χ0v) is 11.5. The molecule has 0 aliphatic carbocycles. The van der Waals surface area contributed by atoms with Crippen LogP contribution in [0.2, 0.25) is 0 Å². The number of aliphatic hydroxyl groups is 1. The van der Waals surface area contributed by atoms with E-state index < -0.39 is 0 Å². The summed E-state index contributed by atoms with van der Waals surface area (Å²) in [7, 11) is 1.54. The fourth-order valence-corrected chi connectivity index (χ4v) is 2.16. The second-order valence-electron chi connectivity index (χ2n) is 4.58. The summed E-state index contributed by atoms with van der Waals surface area (Å²) in [4.78, 5) is 12.0. The Morgan fingerprint density at radius 1 is 1.50 bits per heavy atom. The van der Waals surface area contributed by atoms with Gasteiger partial charge in [-0.25, -0.2) is 0 Å². The fourth-order valence-electron chi connectivity index (χ4n) is 2.16. The van der Waals surface area contributed by atoms with Crippen molar-refractivity contribution in [2.75, 3.05) is 32.2 Å². The molecular weight excluding hydrogens is 260 g/mol. The Morgan fingerprint density at radius 3 is 3.00 bits per heavy atom. The van der Waals surface area contributed by atoms with Crippen molar-refractivity contribution in [1.82, 2.24) is 5.32 Å². The number of hydrogen-bond donors (Lipinski definition) is 3. The molecule has 1 amide bonds. The number of aliphatic hydroxyl groups excluding tert-OH is 1. The number of carbonyl (C=O) groups is 1. The number of hydrogen-bond acceptors (Lipinski definition) is 5. The molecule has 0 aromatic heterocycles. The smallest absolute Gasteiger partial charge is 0.241 e. The van der Waals surface area contributed by atoms with Crippen LogP contribution in [-0.4, -0.2) is 43.9 Å². The summed E-state index contributed by atoms with van der Waals surface area (Å²) in [5, 5.41) is 14.8.